The third-order valence-electron chi connectivity index (χ3n) is 1.84. The molecular formula is C8H7F3N2O4S. The highest BCUT2D eigenvalue weighted by Crippen LogP contribution is 2.33. The fourth-order valence-electron chi connectivity index (χ4n) is 1.21. The van der Waals surface area contributed by atoms with Crippen molar-refractivity contribution in [1.29, 1.82) is 0 Å². The number of carbonyl (C=O) groups excluding carboxylic acids is 1. The van der Waals surface area contributed by atoms with E-state index >= 15 is 0 Å². The highest BCUT2D eigenvalue weighted by molar-refractivity contribution is 7.84. The molecule has 0 aliphatic heterocycles. The van der Waals surface area contributed by atoms with Crippen LogP contribution in [-0.4, -0.2) is 19.4 Å². The van der Waals surface area contributed by atoms with Crippen LogP contribution in [0.25, 0.3) is 0 Å². The normalized spacial score (nSPS) is 12.3. The van der Waals surface area contributed by atoms with Gasteiger partial charge in [-0.25, -0.2) is 4.79 Å². The molecule has 1 aromatic rings. The van der Waals surface area contributed by atoms with Gasteiger partial charge in [-0.05, 0) is 13.0 Å². The molecule has 0 amide bonds. The zero-order chi connectivity index (χ0) is 14.1. The number of carbonyl (C=O) groups is 1. The van der Waals surface area contributed by atoms with E-state index in [-0.39, 0.29) is 5.69 Å². The van der Waals surface area contributed by atoms with Gasteiger partial charge in [-0.15, -0.1) is 0 Å². The number of aromatic nitrogens is 1. The Kier molecular flexibility index (Phi) is 3.62. The summed E-state index contributed by atoms with van der Waals surface area (Å²) in [5.41, 5.74) is -2.65. The molecule has 0 saturated heterocycles. The third-order valence-corrected chi connectivity index (χ3v) is 2.23. The molecule has 0 aliphatic rings. The predicted molar refractivity (Wildman–Crippen MR) is 52.5 cm³/mol. The van der Waals surface area contributed by atoms with Gasteiger partial charge in [0.25, 0.3) is 0 Å². The minimum atomic E-state index is -4.85. The van der Waals surface area contributed by atoms with Gasteiger partial charge in [0.2, 0.25) is 0 Å². The van der Waals surface area contributed by atoms with Gasteiger partial charge in [0, 0.05) is 6.20 Å². The van der Waals surface area contributed by atoms with Crippen molar-refractivity contribution in [1.82, 2.24) is 4.98 Å². The summed E-state index contributed by atoms with van der Waals surface area (Å²) in [6, 6.07) is 0.534. The Morgan fingerprint density at radius 1 is 1.44 bits per heavy atom. The van der Waals surface area contributed by atoms with Crippen molar-refractivity contribution in [3.05, 3.63) is 29.1 Å². The summed E-state index contributed by atoms with van der Waals surface area (Å²) >= 11 is 0. The van der Waals surface area contributed by atoms with E-state index in [2.05, 4.69) is 14.3 Å². The van der Waals surface area contributed by atoms with Gasteiger partial charge < -0.3 is 4.18 Å². The molecule has 0 fully saturated rings. The van der Waals surface area contributed by atoms with Crippen molar-refractivity contribution < 1.29 is 30.6 Å². The highest BCUT2D eigenvalue weighted by Gasteiger charge is 2.37. The van der Waals surface area contributed by atoms with Crippen LogP contribution >= 0.6 is 0 Å². The molecule has 0 aromatic carbocycles. The van der Waals surface area contributed by atoms with E-state index in [0.717, 1.165) is 13.1 Å². The number of pyridine rings is 1. The monoisotopic (exact) mass is 284 g/mol. The first-order valence-electron chi connectivity index (χ1n) is 4.31. The van der Waals surface area contributed by atoms with E-state index in [1.54, 1.807) is 0 Å². The lowest BCUT2D eigenvalue weighted by molar-refractivity contribution is -0.138. The van der Waals surface area contributed by atoms with Crippen molar-refractivity contribution in [3.8, 4) is 0 Å². The van der Waals surface area contributed by atoms with Gasteiger partial charge in [-0.1, -0.05) is 0 Å². The summed E-state index contributed by atoms with van der Waals surface area (Å²) in [7, 11) is -4.70. The Hall–Kier alpha value is -1.68. The van der Waals surface area contributed by atoms with Crippen LogP contribution in [0.4, 0.5) is 13.2 Å². The Morgan fingerprint density at radius 2 is 2.00 bits per heavy atom. The first-order chi connectivity index (χ1) is 8.02. The molecule has 1 aromatic heterocycles. The van der Waals surface area contributed by atoms with Crippen LogP contribution in [0.1, 0.15) is 21.6 Å². The molecule has 0 radical (unpaired) electrons. The minimum absolute atomic E-state index is 0.321. The van der Waals surface area contributed by atoms with Crippen molar-refractivity contribution in [2.45, 2.75) is 13.1 Å². The molecule has 1 rings (SSSR count). The summed E-state index contributed by atoms with van der Waals surface area (Å²) < 4.78 is 62.6. The summed E-state index contributed by atoms with van der Waals surface area (Å²) in [6.45, 7) is 1.11. The number of alkyl halides is 3. The Bertz CT molecular complexity index is 582. The van der Waals surface area contributed by atoms with Gasteiger partial charge in [0.1, 0.15) is 0 Å². The summed E-state index contributed by atoms with van der Waals surface area (Å²) in [5.74, 6) is -1.73. The topological polar surface area (TPSA) is 99.3 Å². The van der Waals surface area contributed by atoms with Crippen molar-refractivity contribution in [2.75, 3.05) is 0 Å². The molecule has 0 aliphatic carbocycles. The second-order valence-electron chi connectivity index (χ2n) is 3.18. The van der Waals surface area contributed by atoms with E-state index in [1.165, 1.54) is 0 Å². The van der Waals surface area contributed by atoms with E-state index in [0.29, 0.717) is 6.07 Å². The number of rotatable bonds is 2. The van der Waals surface area contributed by atoms with Gasteiger partial charge in [0.15, 0.2) is 0 Å². The van der Waals surface area contributed by atoms with E-state index in [9.17, 15) is 26.4 Å². The molecule has 2 N–H and O–H groups in total. The average molecular weight is 284 g/mol. The highest BCUT2D eigenvalue weighted by atomic mass is 32.2. The largest absolute Gasteiger partial charge is 0.417 e. The second kappa shape index (κ2) is 4.53. The van der Waals surface area contributed by atoms with Gasteiger partial charge in [-0.3, -0.25) is 4.98 Å². The molecule has 1 heterocycles. The fraction of sp³-hybridized carbons (Fsp3) is 0.250. The lowest BCUT2D eigenvalue weighted by atomic mass is 10.1. The number of hydrogen-bond acceptors (Lipinski definition) is 5. The standard InChI is InChI=1S/C8H7F3N2O4S/c1-4-6(7(14)17-18(12,15)16)5(2-3-13-4)8(9,10)11/h2-3H,1H3,(H2,12,15,16). The quantitative estimate of drug-likeness (QED) is 0.864. The lowest BCUT2D eigenvalue weighted by Crippen LogP contribution is -2.24. The van der Waals surface area contributed by atoms with Gasteiger partial charge >= 0.3 is 22.4 Å². The number of hydrogen-bond donors (Lipinski definition) is 1. The van der Waals surface area contributed by atoms with Crippen LogP contribution in [0.5, 0.6) is 0 Å². The summed E-state index contributed by atoms with van der Waals surface area (Å²) in [5, 5.41) is 4.41. The summed E-state index contributed by atoms with van der Waals surface area (Å²) in [6.07, 6.45) is -4.01. The molecule has 0 saturated carbocycles. The van der Waals surface area contributed by atoms with Crippen molar-refractivity contribution in [2.24, 2.45) is 5.14 Å². The number of nitrogens with zero attached hydrogens (tertiary/aromatic N) is 1. The first-order valence-corrected chi connectivity index (χ1v) is 5.79. The zero-order valence-corrected chi connectivity index (χ0v) is 9.67. The van der Waals surface area contributed by atoms with E-state index < -0.39 is 33.6 Å². The smallest absolute Gasteiger partial charge is 0.330 e. The minimum Gasteiger partial charge on any atom is -0.330 e. The first kappa shape index (κ1) is 14.4. The molecule has 0 spiro atoms. The molecular weight excluding hydrogens is 277 g/mol. The SMILES string of the molecule is Cc1nccc(C(F)(F)F)c1C(=O)OS(N)(=O)=O. The van der Waals surface area contributed by atoms with Gasteiger partial charge in [0.05, 0.1) is 16.8 Å². The van der Waals surface area contributed by atoms with Crippen LogP contribution < -0.4 is 5.14 Å². The maximum absolute atomic E-state index is 12.6. The van der Waals surface area contributed by atoms with Crippen LogP contribution in [0.15, 0.2) is 12.3 Å². The van der Waals surface area contributed by atoms with Gasteiger partial charge in [-0.2, -0.15) is 26.7 Å². The molecule has 6 nitrogen and oxygen atoms in total. The Labute approximate surface area is 99.8 Å². The number of aryl methyl sites for hydroxylation is 1. The third kappa shape index (κ3) is 3.40. The fourth-order valence-corrected chi connectivity index (χ4v) is 1.50. The van der Waals surface area contributed by atoms with Crippen LogP contribution in [0, 0.1) is 6.92 Å². The average Bonchev–Trinajstić information content (AvgIpc) is 2.12. The maximum Gasteiger partial charge on any atom is 0.417 e. The molecule has 100 valence electrons. The number of halogens is 3. The number of nitrogens with two attached hydrogens (primary N) is 1. The Balaban J connectivity index is 3.36. The van der Waals surface area contributed by atoms with Crippen molar-refractivity contribution in [3.63, 3.8) is 0 Å². The Morgan fingerprint density at radius 3 is 2.44 bits per heavy atom. The van der Waals surface area contributed by atoms with Crippen molar-refractivity contribution >= 4 is 16.3 Å². The second-order valence-corrected chi connectivity index (χ2v) is 4.33. The molecule has 18 heavy (non-hydrogen) atoms. The van der Waals surface area contributed by atoms with Crippen LogP contribution in [0.2, 0.25) is 0 Å². The van der Waals surface area contributed by atoms with E-state index in [4.69, 9.17) is 0 Å². The maximum atomic E-state index is 12.6. The summed E-state index contributed by atoms with van der Waals surface area (Å²) in [4.78, 5) is 14.8. The molecule has 0 unspecified atom stereocenters. The lowest BCUT2D eigenvalue weighted by Gasteiger charge is -2.12. The van der Waals surface area contributed by atoms with E-state index in [1.807, 2.05) is 0 Å². The van der Waals surface area contributed by atoms with Crippen LogP contribution in [-0.2, 0) is 20.7 Å². The zero-order valence-electron chi connectivity index (χ0n) is 8.85. The van der Waals surface area contributed by atoms with Crippen LogP contribution in [0.3, 0.4) is 0 Å². The molecule has 0 bridgehead atoms. The molecule has 10 heteroatoms. The molecule has 0 atom stereocenters. The predicted octanol–water partition coefficient (Wildman–Crippen LogP) is 0.769.